The number of sulfonamides is 1. The van der Waals surface area contributed by atoms with Gasteiger partial charge in [-0.1, -0.05) is 20.8 Å². The molecule has 0 bridgehead atoms. The fourth-order valence-corrected chi connectivity index (χ4v) is 4.71. The van der Waals surface area contributed by atoms with Crippen molar-refractivity contribution in [2.45, 2.75) is 31.8 Å². The van der Waals surface area contributed by atoms with Crippen LogP contribution in [0.25, 0.3) is 0 Å². The molecule has 0 spiro atoms. The van der Waals surface area contributed by atoms with Gasteiger partial charge in [0.05, 0.1) is 23.4 Å². The first-order valence-electron chi connectivity index (χ1n) is 9.88. The lowest BCUT2D eigenvalue weighted by Crippen LogP contribution is -2.48. The highest BCUT2D eigenvalue weighted by molar-refractivity contribution is 7.91. The second kappa shape index (κ2) is 10.7. The average molecular weight is 449 g/mol. The second-order valence-electron chi connectivity index (χ2n) is 7.55. The minimum Gasteiger partial charge on any atom is -0.493 e. The van der Waals surface area contributed by atoms with Gasteiger partial charge in [0.25, 0.3) is 0 Å². The molecule has 0 saturated carbocycles. The van der Waals surface area contributed by atoms with Crippen LogP contribution in [0, 0.1) is 5.92 Å². The largest absolute Gasteiger partial charge is 0.493 e. The van der Waals surface area contributed by atoms with Crippen LogP contribution in [0.3, 0.4) is 0 Å². The number of benzene rings is 1. The first-order chi connectivity index (χ1) is 13.6. The number of nitrogens with one attached hydrogen (secondary N) is 1. The van der Waals surface area contributed by atoms with Crippen LogP contribution in [0.15, 0.2) is 29.2 Å². The Morgan fingerprint density at radius 3 is 2.52 bits per heavy atom. The predicted octanol–water partition coefficient (Wildman–Crippen LogP) is 1.14. The number of sulfone groups is 1. The molecule has 0 radical (unpaired) electrons. The van der Waals surface area contributed by atoms with Crippen molar-refractivity contribution >= 4 is 19.9 Å². The summed E-state index contributed by atoms with van der Waals surface area (Å²) in [6.45, 7) is 9.27. The summed E-state index contributed by atoms with van der Waals surface area (Å²) in [5.41, 5.74) is 0. The SMILES string of the molecule is CCS(=O)(=O)CCOc1ccc(S(=O)(=O)NCC2CN(CC(C)C)CCO2)cc1. The molecule has 166 valence electrons. The van der Waals surface area contributed by atoms with Gasteiger partial charge in [-0.25, -0.2) is 21.6 Å². The zero-order valence-corrected chi connectivity index (χ0v) is 19.0. The maximum atomic E-state index is 12.5. The highest BCUT2D eigenvalue weighted by atomic mass is 32.2. The summed E-state index contributed by atoms with van der Waals surface area (Å²) in [6.07, 6.45) is -0.180. The summed E-state index contributed by atoms with van der Waals surface area (Å²) in [6, 6.07) is 5.93. The highest BCUT2D eigenvalue weighted by Gasteiger charge is 2.23. The van der Waals surface area contributed by atoms with Gasteiger partial charge in [-0.3, -0.25) is 4.90 Å². The molecule has 1 aromatic carbocycles. The molecule has 1 unspecified atom stereocenters. The minimum atomic E-state index is -3.66. The molecule has 0 aromatic heterocycles. The Bertz CT molecular complexity index is 838. The number of hydrogen-bond donors (Lipinski definition) is 1. The van der Waals surface area contributed by atoms with Crippen molar-refractivity contribution in [2.75, 3.05) is 50.9 Å². The van der Waals surface area contributed by atoms with Crippen LogP contribution in [0.2, 0.25) is 0 Å². The number of rotatable bonds is 11. The van der Waals surface area contributed by atoms with E-state index in [4.69, 9.17) is 9.47 Å². The lowest BCUT2D eigenvalue weighted by molar-refractivity contribution is -0.0280. The number of nitrogens with zero attached hydrogens (tertiary/aromatic N) is 1. The van der Waals surface area contributed by atoms with Crippen LogP contribution < -0.4 is 9.46 Å². The van der Waals surface area contributed by atoms with Gasteiger partial charge in [-0.15, -0.1) is 0 Å². The Kier molecular flexibility index (Phi) is 8.90. The van der Waals surface area contributed by atoms with E-state index in [1.165, 1.54) is 24.3 Å². The van der Waals surface area contributed by atoms with Gasteiger partial charge in [0.2, 0.25) is 10.0 Å². The lowest BCUT2D eigenvalue weighted by atomic mass is 10.2. The first kappa shape index (κ1) is 24.1. The third-order valence-corrected chi connectivity index (χ3v) is 7.69. The second-order valence-corrected chi connectivity index (χ2v) is 11.8. The number of hydrogen-bond acceptors (Lipinski definition) is 7. The van der Waals surface area contributed by atoms with Crippen LogP contribution in [-0.4, -0.2) is 78.7 Å². The van der Waals surface area contributed by atoms with Gasteiger partial charge in [0.15, 0.2) is 9.84 Å². The van der Waals surface area contributed by atoms with E-state index in [2.05, 4.69) is 23.5 Å². The van der Waals surface area contributed by atoms with E-state index >= 15 is 0 Å². The Balaban J connectivity index is 1.85. The van der Waals surface area contributed by atoms with Crippen molar-refractivity contribution in [2.24, 2.45) is 5.92 Å². The van der Waals surface area contributed by atoms with Crippen LogP contribution >= 0.6 is 0 Å². The summed E-state index contributed by atoms with van der Waals surface area (Å²) in [7, 11) is -6.76. The Morgan fingerprint density at radius 2 is 1.90 bits per heavy atom. The minimum absolute atomic E-state index is 0.0341. The highest BCUT2D eigenvalue weighted by Crippen LogP contribution is 2.16. The Morgan fingerprint density at radius 1 is 1.21 bits per heavy atom. The number of morpholine rings is 1. The van der Waals surface area contributed by atoms with Crippen LogP contribution in [0.4, 0.5) is 0 Å². The van der Waals surface area contributed by atoms with Gasteiger partial charge in [-0.2, -0.15) is 0 Å². The molecule has 1 aliphatic rings. The molecule has 1 fully saturated rings. The predicted molar refractivity (Wildman–Crippen MR) is 112 cm³/mol. The standard InChI is InChI=1S/C19H32N2O6S2/c1-4-28(22,23)12-11-27-17-5-7-19(8-6-17)29(24,25)20-13-18-15-21(9-10-26-18)14-16(2)3/h5-8,16,18,20H,4,9-15H2,1-3H3. The topological polar surface area (TPSA) is 102 Å². The molecule has 1 heterocycles. The molecule has 1 saturated heterocycles. The third-order valence-electron chi connectivity index (χ3n) is 4.58. The molecule has 1 aromatic rings. The van der Waals surface area contributed by atoms with Gasteiger partial charge < -0.3 is 9.47 Å². The molecule has 1 N–H and O–H groups in total. The normalized spacial score (nSPS) is 18.8. The maximum Gasteiger partial charge on any atom is 0.240 e. The maximum absolute atomic E-state index is 12.5. The molecular formula is C19H32N2O6S2. The monoisotopic (exact) mass is 448 g/mol. The van der Waals surface area contributed by atoms with Gasteiger partial charge in [0.1, 0.15) is 12.4 Å². The molecule has 1 atom stereocenters. The van der Waals surface area contributed by atoms with Crippen molar-refractivity contribution in [3.63, 3.8) is 0 Å². The Labute approximate surface area is 174 Å². The van der Waals surface area contributed by atoms with Gasteiger partial charge >= 0.3 is 0 Å². The van der Waals surface area contributed by atoms with E-state index in [0.29, 0.717) is 24.8 Å². The van der Waals surface area contributed by atoms with Crippen LogP contribution in [0.5, 0.6) is 5.75 Å². The summed E-state index contributed by atoms with van der Waals surface area (Å²) in [5, 5.41) is 0. The molecule has 29 heavy (non-hydrogen) atoms. The van der Waals surface area contributed by atoms with Crippen molar-refractivity contribution in [3.8, 4) is 5.75 Å². The van der Waals surface area contributed by atoms with Gasteiger partial charge in [-0.05, 0) is 30.2 Å². The fraction of sp³-hybridized carbons (Fsp3) is 0.684. The van der Waals surface area contributed by atoms with Crippen molar-refractivity contribution in [1.29, 1.82) is 0 Å². The lowest BCUT2D eigenvalue weighted by Gasteiger charge is -2.33. The smallest absolute Gasteiger partial charge is 0.240 e. The van der Waals surface area contributed by atoms with Crippen LogP contribution in [0.1, 0.15) is 20.8 Å². The van der Waals surface area contributed by atoms with E-state index in [9.17, 15) is 16.8 Å². The zero-order chi connectivity index (χ0) is 21.5. The average Bonchev–Trinajstić information content (AvgIpc) is 2.67. The van der Waals surface area contributed by atoms with Gasteiger partial charge in [0, 0.05) is 31.9 Å². The van der Waals surface area contributed by atoms with E-state index in [-0.39, 0.29) is 35.7 Å². The van der Waals surface area contributed by atoms with E-state index < -0.39 is 19.9 Å². The quantitative estimate of drug-likeness (QED) is 0.541. The summed E-state index contributed by atoms with van der Waals surface area (Å²) in [5.74, 6) is 0.975. The Hall–Kier alpha value is -1.20. The molecule has 0 amide bonds. The third kappa shape index (κ3) is 8.21. The summed E-state index contributed by atoms with van der Waals surface area (Å²) >= 11 is 0. The fourth-order valence-electron chi connectivity index (χ4n) is 3.02. The first-order valence-corrected chi connectivity index (χ1v) is 13.2. The molecule has 1 aliphatic heterocycles. The molecule has 8 nitrogen and oxygen atoms in total. The van der Waals surface area contributed by atoms with Crippen molar-refractivity contribution in [3.05, 3.63) is 24.3 Å². The van der Waals surface area contributed by atoms with Crippen LogP contribution in [-0.2, 0) is 24.6 Å². The number of ether oxygens (including phenoxy) is 2. The summed E-state index contributed by atoms with van der Waals surface area (Å²) in [4.78, 5) is 2.42. The molecule has 2 rings (SSSR count). The zero-order valence-electron chi connectivity index (χ0n) is 17.3. The molecule has 0 aliphatic carbocycles. The van der Waals surface area contributed by atoms with Crippen molar-refractivity contribution in [1.82, 2.24) is 9.62 Å². The summed E-state index contributed by atoms with van der Waals surface area (Å²) < 4.78 is 61.7. The molecule has 10 heteroatoms. The van der Waals surface area contributed by atoms with E-state index in [1.54, 1.807) is 6.92 Å². The molecular weight excluding hydrogens is 416 g/mol. The van der Waals surface area contributed by atoms with Crippen molar-refractivity contribution < 1.29 is 26.3 Å². The van der Waals surface area contributed by atoms with E-state index in [0.717, 1.165) is 13.1 Å². The van der Waals surface area contributed by atoms with E-state index in [1.807, 2.05) is 0 Å².